The van der Waals surface area contributed by atoms with E-state index in [2.05, 4.69) is 0 Å². The third-order valence-electron chi connectivity index (χ3n) is 2.82. The van der Waals surface area contributed by atoms with Gasteiger partial charge in [0.1, 0.15) is 0 Å². The van der Waals surface area contributed by atoms with Gasteiger partial charge in [0.15, 0.2) is 17.2 Å². The maximum atomic E-state index is 14.8. The lowest BCUT2D eigenvalue weighted by Crippen LogP contribution is -2.28. The molecule has 0 heterocycles. The van der Waals surface area contributed by atoms with Gasteiger partial charge >= 0.3 is 0 Å². The molecule has 0 fully saturated rings. The van der Waals surface area contributed by atoms with Gasteiger partial charge in [-0.1, -0.05) is 12.1 Å². The van der Waals surface area contributed by atoms with Crippen molar-refractivity contribution >= 4 is 0 Å². The Balaban J connectivity index is 3.12. The number of rotatable bonds is 7. The van der Waals surface area contributed by atoms with Gasteiger partial charge in [-0.05, 0) is 25.5 Å². The molecule has 1 unspecified atom stereocenters. The topological polar surface area (TPSA) is 44.5 Å². The predicted molar refractivity (Wildman–Crippen MR) is 65.9 cm³/mol. The first kappa shape index (κ1) is 14.9. The SMILES string of the molecule is COCC(F)(CCCN)c1cccc(OC)c1F. The molecule has 0 aromatic heterocycles. The quantitative estimate of drug-likeness (QED) is 0.817. The third kappa shape index (κ3) is 3.17. The number of nitrogens with two attached hydrogens (primary N) is 1. The van der Waals surface area contributed by atoms with Gasteiger partial charge in [-0.2, -0.15) is 0 Å². The summed E-state index contributed by atoms with van der Waals surface area (Å²) in [6.45, 7) is 0.137. The number of hydrogen-bond donors (Lipinski definition) is 1. The van der Waals surface area contributed by atoms with Crippen molar-refractivity contribution in [3.8, 4) is 5.75 Å². The van der Waals surface area contributed by atoms with E-state index in [4.69, 9.17) is 15.2 Å². The highest BCUT2D eigenvalue weighted by atomic mass is 19.1. The second-order valence-corrected chi connectivity index (χ2v) is 4.11. The Morgan fingerprint density at radius 2 is 2.06 bits per heavy atom. The van der Waals surface area contributed by atoms with E-state index in [1.54, 1.807) is 6.07 Å². The molecule has 0 saturated carbocycles. The summed E-state index contributed by atoms with van der Waals surface area (Å²) in [4.78, 5) is 0. The molecule has 3 nitrogen and oxygen atoms in total. The molecule has 5 heteroatoms. The highest BCUT2D eigenvalue weighted by molar-refractivity contribution is 5.35. The number of ether oxygens (including phenoxy) is 2. The van der Waals surface area contributed by atoms with Crippen LogP contribution in [0.15, 0.2) is 18.2 Å². The summed E-state index contributed by atoms with van der Waals surface area (Å²) in [5.41, 5.74) is 3.45. The highest BCUT2D eigenvalue weighted by Crippen LogP contribution is 2.36. The Labute approximate surface area is 106 Å². The Morgan fingerprint density at radius 3 is 2.61 bits per heavy atom. The van der Waals surface area contributed by atoms with Crippen LogP contribution in [0.5, 0.6) is 5.75 Å². The minimum Gasteiger partial charge on any atom is -0.494 e. The van der Waals surface area contributed by atoms with Gasteiger partial charge in [0.2, 0.25) is 0 Å². The molecular formula is C13H19F2NO2. The average Bonchev–Trinajstić information content (AvgIpc) is 2.37. The van der Waals surface area contributed by atoms with Crippen molar-refractivity contribution in [3.63, 3.8) is 0 Å². The van der Waals surface area contributed by atoms with Crippen LogP contribution < -0.4 is 10.5 Å². The van der Waals surface area contributed by atoms with Gasteiger partial charge in [-0.25, -0.2) is 8.78 Å². The smallest absolute Gasteiger partial charge is 0.171 e. The highest BCUT2D eigenvalue weighted by Gasteiger charge is 2.35. The normalized spacial score (nSPS) is 14.3. The minimum atomic E-state index is -1.88. The fourth-order valence-corrected chi connectivity index (χ4v) is 1.91. The number of halogens is 2. The van der Waals surface area contributed by atoms with Crippen molar-refractivity contribution in [3.05, 3.63) is 29.6 Å². The van der Waals surface area contributed by atoms with Crippen molar-refractivity contribution < 1.29 is 18.3 Å². The molecule has 0 aliphatic heterocycles. The van der Waals surface area contributed by atoms with E-state index in [1.165, 1.54) is 26.4 Å². The number of alkyl halides is 1. The largest absolute Gasteiger partial charge is 0.494 e. The number of benzene rings is 1. The van der Waals surface area contributed by atoms with Gasteiger partial charge in [0.05, 0.1) is 13.7 Å². The van der Waals surface area contributed by atoms with Crippen LogP contribution in [-0.4, -0.2) is 27.4 Å². The number of hydrogen-bond acceptors (Lipinski definition) is 3. The zero-order valence-corrected chi connectivity index (χ0v) is 10.7. The van der Waals surface area contributed by atoms with Crippen LogP contribution in [0.1, 0.15) is 18.4 Å². The Hall–Kier alpha value is -1.20. The zero-order valence-electron chi connectivity index (χ0n) is 10.7. The Morgan fingerprint density at radius 1 is 1.33 bits per heavy atom. The van der Waals surface area contributed by atoms with Crippen LogP contribution in [-0.2, 0) is 10.4 Å². The van der Waals surface area contributed by atoms with E-state index in [0.29, 0.717) is 13.0 Å². The van der Waals surface area contributed by atoms with Crippen molar-refractivity contribution in [1.29, 1.82) is 0 Å². The molecule has 1 atom stereocenters. The summed E-state index contributed by atoms with van der Waals surface area (Å²) >= 11 is 0. The van der Waals surface area contributed by atoms with E-state index < -0.39 is 11.5 Å². The molecule has 0 amide bonds. The first-order chi connectivity index (χ1) is 8.59. The standard InChI is InChI=1S/C13H19F2NO2/c1-17-9-13(15,7-4-8-16)10-5-3-6-11(18-2)12(10)14/h3,5-6H,4,7-9,16H2,1-2H3. The van der Waals surface area contributed by atoms with Gasteiger partial charge in [-0.3, -0.25) is 0 Å². The summed E-state index contributed by atoms with van der Waals surface area (Å²) in [6, 6.07) is 4.42. The second-order valence-electron chi connectivity index (χ2n) is 4.11. The first-order valence-corrected chi connectivity index (χ1v) is 5.80. The van der Waals surface area contributed by atoms with Gasteiger partial charge < -0.3 is 15.2 Å². The molecule has 0 aliphatic carbocycles. The van der Waals surface area contributed by atoms with Gasteiger partial charge in [-0.15, -0.1) is 0 Å². The molecule has 0 radical (unpaired) electrons. The lowest BCUT2D eigenvalue weighted by atomic mass is 9.91. The van der Waals surface area contributed by atoms with Crippen LogP contribution in [0.3, 0.4) is 0 Å². The van der Waals surface area contributed by atoms with Gasteiger partial charge in [0, 0.05) is 12.7 Å². The van der Waals surface area contributed by atoms with Crippen LogP contribution in [0.4, 0.5) is 8.78 Å². The van der Waals surface area contributed by atoms with Crippen LogP contribution in [0, 0.1) is 5.82 Å². The Bertz CT molecular complexity index is 387. The molecule has 0 bridgehead atoms. The van der Waals surface area contributed by atoms with E-state index in [0.717, 1.165) is 0 Å². The molecule has 2 N–H and O–H groups in total. The van der Waals surface area contributed by atoms with E-state index >= 15 is 0 Å². The van der Waals surface area contributed by atoms with E-state index in [-0.39, 0.29) is 24.3 Å². The lowest BCUT2D eigenvalue weighted by molar-refractivity contribution is 0.0274. The lowest BCUT2D eigenvalue weighted by Gasteiger charge is -2.26. The van der Waals surface area contributed by atoms with Crippen molar-refractivity contribution in [2.45, 2.75) is 18.5 Å². The molecule has 18 heavy (non-hydrogen) atoms. The summed E-state index contributed by atoms with van der Waals surface area (Å²) in [5, 5.41) is 0. The molecule has 1 aromatic carbocycles. The monoisotopic (exact) mass is 259 g/mol. The number of methoxy groups -OCH3 is 2. The molecule has 0 saturated heterocycles. The van der Waals surface area contributed by atoms with E-state index in [1.807, 2.05) is 0 Å². The Kier molecular flexibility index (Phi) is 5.50. The third-order valence-corrected chi connectivity index (χ3v) is 2.82. The molecule has 102 valence electrons. The second kappa shape index (κ2) is 6.66. The maximum absolute atomic E-state index is 14.8. The van der Waals surface area contributed by atoms with Crippen molar-refractivity contribution in [2.75, 3.05) is 27.4 Å². The van der Waals surface area contributed by atoms with Crippen molar-refractivity contribution in [2.24, 2.45) is 5.73 Å². The zero-order chi connectivity index (χ0) is 13.6. The molecule has 0 spiro atoms. The molecule has 1 rings (SSSR count). The molecule has 1 aromatic rings. The van der Waals surface area contributed by atoms with Crippen LogP contribution >= 0.6 is 0 Å². The van der Waals surface area contributed by atoms with Crippen LogP contribution in [0.25, 0.3) is 0 Å². The van der Waals surface area contributed by atoms with Crippen LogP contribution in [0.2, 0.25) is 0 Å². The summed E-state index contributed by atoms with van der Waals surface area (Å²) in [7, 11) is 2.73. The summed E-state index contributed by atoms with van der Waals surface area (Å²) < 4.78 is 38.6. The fraction of sp³-hybridized carbons (Fsp3) is 0.538. The molecule has 0 aliphatic rings. The minimum absolute atomic E-state index is 0.0263. The predicted octanol–water partition coefficient (Wildman–Crippen LogP) is 2.38. The summed E-state index contributed by atoms with van der Waals surface area (Å²) in [6.07, 6.45) is 0.567. The van der Waals surface area contributed by atoms with Crippen molar-refractivity contribution in [1.82, 2.24) is 0 Å². The first-order valence-electron chi connectivity index (χ1n) is 5.80. The fourth-order valence-electron chi connectivity index (χ4n) is 1.91. The summed E-state index contributed by atoms with van der Waals surface area (Å²) in [5.74, 6) is -0.657. The maximum Gasteiger partial charge on any atom is 0.171 e. The van der Waals surface area contributed by atoms with E-state index in [9.17, 15) is 8.78 Å². The average molecular weight is 259 g/mol. The van der Waals surface area contributed by atoms with Gasteiger partial charge in [0.25, 0.3) is 0 Å². The molecular weight excluding hydrogens is 240 g/mol.